The van der Waals surface area contributed by atoms with E-state index in [4.69, 9.17) is 5.26 Å². The zero-order chi connectivity index (χ0) is 12.9. The maximum absolute atomic E-state index is 8.90. The van der Waals surface area contributed by atoms with E-state index in [-0.39, 0.29) is 5.41 Å². The largest absolute Gasteiger partial charge is 0.315 e. The van der Waals surface area contributed by atoms with Crippen LogP contribution in [0, 0.1) is 30.6 Å². The Kier molecular flexibility index (Phi) is 4.72. The van der Waals surface area contributed by atoms with Crippen molar-refractivity contribution < 1.29 is 0 Å². The van der Waals surface area contributed by atoms with Gasteiger partial charge in [0.15, 0.2) is 0 Å². The van der Waals surface area contributed by atoms with E-state index in [1.54, 1.807) is 0 Å². The maximum atomic E-state index is 8.90. The van der Waals surface area contributed by atoms with Crippen molar-refractivity contribution in [1.29, 1.82) is 5.26 Å². The van der Waals surface area contributed by atoms with Gasteiger partial charge in [0.05, 0.1) is 11.5 Å². The molecule has 92 valence electrons. The van der Waals surface area contributed by atoms with Gasteiger partial charge in [-0.05, 0) is 51.8 Å². The van der Waals surface area contributed by atoms with Crippen LogP contribution in [0.25, 0.3) is 0 Å². The lowest BCUT2D eigenvalue weighted by Crippen LogP contribution is -2.29. The topological polar surface area (TPSA) is 35.8 Å². The van der Waals surface area contributed by atoms with Crippen LogP contribution in [0.15, 0.2) is 18.2 Å². The number of rotatable bonds is 5. The summed E-state index contributed by atoms with van der Waals surface area (Å²) in [5.74, 6) is 0. The van der Waals surface area contributed by atoms with Crippen LogP contribution in [-0.2, 0) is 6.42 Å². The molecule has 0 atom stereocenters. The molecular formula is C15H22N2. The predicted molar refractivity (Wildman–Crippen MR) is 71.9 cm³/mol. The van der Waals surface area contributed by atoms with E-state index in [1.165, 1.54) is 16.7 Å². The van der Waals surface area contributed by atoms with Crippen molar-refractivity contribution in [3.63, 3.8) is 0 Å². The predicted octanol–water partition coefficient (Wildman–Crippen LogP) is 2.99. The summed E-state index contributed by atoms with van der Waals surface area (Å²) < 4.78 is 0. The highest BCUT2D eigenvalue weighted by Gasteiger charge is 2.15. The lowest BCUT2D eigenvalue weighted by molar-refractivity contribution is 0.447. The average molecular weight is 230 g/mol. The highest BCUT2D eigenvalue weighted by Crippen LogP contribution is 2.12. The molecule has 1 N–H and O–H groups in total. The molecule has 1 rings (SSSR count). The third kappa shape index (κ3) is 4.58. The van der Waals surface area contributed by atoms with Gasteiger partial charge in [-0.15, -0.1) is 0 Å². The minimum absolute atomic E-state index is 0.275. The summed E-state index contributed by atoms with van der Waals surface area (Å²) in [4.78, 5) is 0. The molecule has 0 aliphatic heterocycles. The molecule has 0 fully saturated rings. The van der Waals surface area contributed by atoms with Gasteiger partial charge in [0.2, 0.25) is 0 Å². The van der Waals surface area contributed by atoms with E-state index in [1.807, 2.05) is 13.8 Å². The summed E-state index contributed by atoms with van der Waals surface area (Å²) in [5, 5.41) is 12.2. The Bertz CT molecular complexity index is 413. The van der Waals surface area contributed by atoms with Crippen molar-refractivity contribution in [1.82, 2.24) is 5.32 Å². The molecule has 1 aromatic rings. The number of hydrogen-bond donors (Lipinski definition) is 1. The van der Waals surface area contributed by atoms with Crippen LogP contribution in [0.5, 0.6) is 0 Å². The lowest BCUT2D eigenvalue weighted by atomic mass is 9.96. The molecule has 0 saturated heterocycles. The van der Waals surface area contributed by atoms with Crippen LogP contribution >= 0.6 is 0 Å². The average Bonchev–Trinajstić information content (AvgIpc) is 2.27. The van der Waals surface area contributed by atoms with E-state index in [0.717, 1.165) is 19.5 Å². The third-order valence-electron chi connectivity index (χ3n) is 2.94. The normalized spacial score (nSPS) is 11.2. The SMILES string of the molecule is Cc1ccc(CCNCC(C)(C)C#N)c(C)c1. The van der Waals surface area contributed by atoms with Gasteiger partial charge in [0, 0.05) is 6.54 Å². The molecule has 0 saturated carbocycles. The second kappa shape index (κ2) is 5.84. The van der Waals surface area contributed by atoms with Gasteiger partial charge >= 0.3 is 0 Å². The Balaban J connectivity index is 2.39. The summed E-state index contributed by atoms with van der Waals surface area (Å²) in [7, 11) is 0. The minimum atomic E-state index is -0.275. The van der Waals surface area contributed by atoms with Crippen molar-refractivity contribution in [2.45, 2.75) is 34.1 Å². The summed E-state index contributed by atoms with van der Waals surface area (Å²) >= 11 is 0. The molecule has 0 aliphatic rings. The number of benzene rings is 1. The zero-order valence-electron chi connectivity index (χ0n) is 11.3. The Morgan fingerprint density at radius 3 is 2.59 bits per heavy atom. The van der Waals surface area contributed by atoms with Crippen molar-refractivity contribution >= 4 is 0 Å². The number of nitrogens with one attached hydrogen (secondary N) is 1. The van der Waals surface area contributed by atoms with Gasteiger partial charge in [-0.25, -0.2) is 0 Å². The Labute approximate surface area is 105 Å². The molecule has 2 heteroatoms. The van der Waals surface area contributed by atoms with Gasteiger partial charge in [0.1, 0.15) is 0 Å². The quantitative estimate of drug-likeness (QED) is 0.789. The van der Waals surface area contributed by atoms with Crippen molar-refractivity contribution in [2.24, 2.45) is 5.41 Å². The minimum Gasteiger partial charge on any atom is -0.315 e. The number of nitrogens with zero attached hydrogens (tertiary/aromatic N) is 1. The van der Waals surface area contributed by atoms with Crippen LogP contribution in [-0.4, -0.2) is 13.1 Å². The summed E-state index contributed by atoms with van der Waals surface area (Å²) in [6, 6.07) is 8.86. The van der Waals surface area contributed by atoms with Crippen molar-refractivity contribution in [3.05, 3.63) is 34.9 Å². The molecule has 0 radical (unpaired) electrons. The first-order chi connectivity index (χ1) is 7.94. The van der Waals surface area contributed by atoms with Crippen molar-refractivity contribution in [2.75, 3.05) is 13.1 Å². The van der Waals surface area contributed by atoms with Gasteiger partial charge < -0.3 is 5.32 Å². The highest BCUT2D eigenvalue weighted by molar-refractivity contribution is 5.30. The summed E-state index contributed by atoms with van der Waals surface area (Å²) in [5.41, 5.74) is 3.77. The molecular weight excluding hydrogens is 208 g/mol. The smallest absolute Gasteiger partial charge is 0.0697 e. The molecule has 1 aromatic carbocycles. The van der Waals surface area contributed by atoms with E-state index in [2.05, 4.69) is 43.4 Å². The van der Waals surface area contributed by atoms with Crippen LogP contribution in [0.3, 0.4) is 0 Å². The molecule has 0 aliphatic carbocycles. The first-order valence-electron chi connectivity index (χ1n) is 6.13. The molecule has 0 spiro atoms. The van der Waals surface area contributed by atoms with Gasteiger partial charge in [-0.1, -0.05) is 23.8 Å². The van der Waals surface area contributed by atoms with Gasteiger partial charge in [0.25, 0.3) is 0 Å². The van der Waals surface area contributed by atoms with Gasteiger partial charge in [-0.3, -0.25) is 0 Å². The second-order valence-corrected chi connectivity index (χ2v) is 5.35. The standard InChI is InChI=1S/C15H22N2/c1-12-5-6-14(13(2)9-12)7-8-17-11-15(3,4)10-16/h5-6,9,17H,7-8,11H2,1-4H3. The second-order valence-electron chi connectivity index (χ2n) is 5.35. The fourth-order valence-corrected chi connectivity index (χ4v) is 1.79. The van der Waals surface area contributed by atoms with Crippen LogP contribution in [0.4, 0.5) is 0 Å². The third-order valence-corrected chi connectivity index (χ3v) is 2.94. The first kappa shape index (κ1) is 13.7. The lowest BCUT2D eigenvalue weighted by Gasteiger charge is -2.16. The van der Waals surface area contributed by atoms with E-state index in [9.17, 15) is 0 Å². The molecule has 0 amide bonds. The Hall–Kier alpha value is -1.33. The van der Waals surface area contributed by atoms with E-state index < -0.39 is 0 Å². The number of nitriles is 1. The fraction of sp³-hybridized carbons (Fsp3) is 0.533. The molecule has 0 bridgehead atoms. The molecule has 0 heterocycles. The summed E-state index contributed by atoms with van der Waals surface area (Å²) in [6.07, 6.45) is 1.02. The number of aryl methyl sites for hydroxylation is 2. The molecule has 0 unspecified atom stereocenters. The monoisotopic (exact) mass is 230 g/mol. The van der Waals surface area contributed by atoms with E-state index >= 15 is 0 Å². The Morgan fingerprint density at radius 1 is 1.29 bits per heavy atom. The zero-order valence-corrected chi connectivity index (χ0v) is 11.3. The van der Waals surface area contributed by atoms with Crippen molar-refractivity contribution in [3.8, 4) is 6.07 Å². The number of hydrogen-bond acceptors (Lipinski definition) is 2. The molecule has 17 heavy (non-hydrogen) atoms. The molecule has 2 nitrogen and oxygen atoms in total. The summed E-state index contributed by atoms with van der Waals surface area (Å²) in [6.45, 7) is 9.85. The Morgan fingerprint density at radius 2 is 2.00 bits per heavy atom. The highest BCUT2D eigenvalue weighted by atomic mass is 14.9. The van der Waals surface area contributed by atoms with Gasteiger partial charge in [-0.2, -0.15) is 5.26 Å². The van der Waals surface area contributed by atoms with Crippen LogP contribution in [0.1, 0.15) is 30.5 Å². The first-order valence-corrected chi connectivity index (χ1v) is 6.13. The van der Waals surface area contributed by atoms with Crippen LogP contribution < -0.4 is 5.32 Å². The fourth-order valence-electron chi connectivity index (χ4n) is 1.79. The maximum Gasteiger partial charge on any atom is 0.0697 e. The van der Waals surface area contributed by atoms with E-state index in [0.29, 0.717) is 0 Å². The van der Waals surface area contributed by atoms with Crippen LogP contribution in [0.2, 0.25) is 0 Å². The molecule has 0 aromatic heterocycles.